The SMILES string of the molecule is CC.CC.CC(=O)OC(C)=O.CC(=O)OC(C)=O.CCC.O=C1OC(=O)c2ccccc21.O=C1OC(=O)c2ccccc21. The number of fused-ring (bicyclic) bond motifs is 2. The Bertz CT molecular complexity index is 1060. The number of esters is 8. The molecule has 12 heteroatoms. The Balaban J connectivity index is -0.000000473. The number of hydrogen-bond acceptors (Lipinski definition) is 12. The van der Waals surface area contributed by atoms with E-state index >= 15 is 0 Å². The van der Waals surface area contributed by atoms with Crippen molar-refractivity contribution in [2.24, 2.45) is 0 Å². The molecule has 4 rings (SSSR count). The molecule has 43 heavy (non-hydrogen) atoms. The summed E-state index contributed by atoms with van der Waals surface area (Å²) < 4.78 is 16.7. The van der Waals surface area contributed by atoms with Gasteiger partial charge in [-0.3, -0.25) is 19.2 Å². The summed E-state index contributed by atoms with van der Waals surface area (Å²) in [6.07, 6.45) is 1.25. The van der Waals surface area contributed by atoms with Crippen LogP contribution in [0.4, 0.5) is 0 Å². The van der Waals surface area contributed by atoms with Crippen LogP contribution >= 0.6 is 0 Å². The van der Waals surface area contributed by atoms with Crippen molar-refractivity contribution in [3.63, 3.8) is 0 Å². The molecule has 2 heterocycles. The Hall–Kier alpha value is -5.00. The Morgan fingerprint density at radius 2 is 0.651 bits per heavy atom. The van der Waals surface area contributed by atoms with E-state index in [0.717, 1.165) is 0 Å². The quantitative estimate of drug-likeness (QED) is 0.205. The zero-order chi connectivity index (χ0) is 34.1. The molecule has 0 spiro atoms. The summed E-state index contributed by atoms with van der Waals surface area (Å²) in [4.78, 5) is 82.6. The van der Waals surface area contributed by atoms with Gasteiger partial charge in [0.25, 0.3) is 0 Å². The molecule has 0 radical (unpaired) electrons. The molecule has 2 aromatic carbocycles. The van der Waals surface area contributed by atoms with Crippen LogP contribution < -0.4 is 0 Å². The predicted octanol–water partition coefficient (Wildman–Crippen LogP) is 5.66. The van der Waals surface area contributed by atoms with E-state index in [-0.39, 0.29) is 0 Å². The molecule has 2 aliphatic heterocycles. The molecule has 2 aliphatic rings. The van der Waals surface area contributed by atoms with Gasteiger partial charge in [0, 0.05) is 27.7 Å². The van der Waals surface area contributed by atoms with Crippen LogP contribution in [-0.2, 0) is 38.1 Å². The Kier molecular flexibility index (Phi) is 24.5. The van der Waals surface area contributed by atoms with Gasteiger partial charge in [-0.2, -0.15) is 0 Å². The summed E-state index contributed by atoms with van der Waals surface area (Å²) in [7, 11) is 0. The minimum atomic E-state index is -0.562. The molecule has 0 aromatic heterocycles. The van der Waals surface area contributed by atoms with Gasteiger partial charge in [-0.25, -0.2) is 19.2 Å². The third-order valence-corrected chi connectivity index (χ3v) is 3.68. The number of benzene rings is 2. The molecular weight excluding hydrogens is 564 g/mol. The lowest BCUT2D eigenvalue weighted by atomic mass is 10.1. The maximum Gasteiger partial charge on any atom is 0.346 e. The third kappa shape index (κ3) is 18.9. The molecule has 0 saturated carbocycles. The van der Waals surface area contributed by atoms with Crippen LogP contribution in [0.2, 0.25) is 0 Å². The second kappa shape index (κ2) is 24.8. The molecule has 0 unspecified atom stereocenters. The number of rotatable bonds is 0. The Morgan fingerprint density at radius 1 is 0.488 bits per heavy atom. The van der Waals surface area contributed by atoms with E-state index in [0.29, 0.717) is 22.3 Å². The normalized spacial score (nSPS) is 10.7. The average Bonchev–Trinajstić information content (AvgIpc) is 3.40. The largest absolute Gasteiger partial charge is 0.394 e. The van der Waals surface area contributed by atoms with Gasteiger partial charge in [0.15, 0.2) is 0 Å². The van der Waals surface area contributed by atoms with E-state index in [4.69, 9.17) is 0 Å². The molecule has 0 N–H and O–H groups in total. The van der Waals surface area contributed by atoms with Crippen molar-refractivity contribution in [2.45, 2.75) is 75.7 Å². The van der Waals surface area contributed by atoms with E-state index in [1.807, 2.05) is 27.7 Å². The van der Waals surface area contributed by atoms with E-state index in [2.05, 4.69) is 32.8 Å². The van der Waals surface area contributed by atoms with Crippen LogP contribution in [0.25, 0.3) is 0 Å². The van der Waals surface area contributed by atoms with Crippen LogP contribution in [0.1, 0.15) is 117 Å². The number of ether oxygens (including phenoxy) is 4. The van der Waals surface area contributed by atoms with Crippen molar-refractivity contribution < 1.29 is 57.3 Å². The summed E-state index contributed by atoms with van der Waals surface area (Å²) >= 11 is 0. The summed E-state index contributed by atoms with van der Waals surface area (Å²) in [5, 5.41) is 0. The smallest absolute Gasteiger partial charge is 0.346 e. The number of cyclic esters (lactones) is 4. The molecule has 2 aromatic rings. The van der Waals surface area contributed by atoms with Crippen LogP contribution in [0.3, 0.4) is 0 Å². The Labute approximate surface area is 251 Å². The Morgan fingerprint density at radius 3 is 0.767 bits per heavy atom. The van der Waals surface area contributed by atoms with E-state index in [9.17, 15) is 38.4 Å². The molecule has 0 saturated heterocycles. The standard InChI is InChI=1S/2C8H4O3.2C4H6O3.C3H8.2C2H6/c2*9-7-5-3-1-2-4-6(5)8(10)11-7;2*1-3(5)7-4(2)6;1-3-2;2*1-2/h2*1-4H;2*1-2H3;3H2,1-2H3;2*1-2H3. The van der Waals surface area contributed by atoms with Crippen molar-refractivity contribution in [1.29, 1.82) is 0 Å². The predicted molar refractivity (Wildman–Crippen MR) is 156 cm³/mol. The molecule has 0 fully saturated rings. The van der Waals surface area contributed by atoms with E-state index in [1.54, 1.807) is 48.5 Å². The van der Waals surface area contributed by atoms with E-state index in [1.165, 1.54) is 34.1 Å². The zero-order valence-electron chi connectivity index (χ0n) is 26.2. The average molecular weight is 605 g/mol. The fourth-order valence-corrected chi connectivity index (χ4v) is 2.47. The van der Waals surface area contributed by atoms with Crippen molar-refractivity contribution in [3.05, 3.63) is 70.8 Å². The summed E-state index contributed by atoms with van der Waals surface area (Å²) in [6, 6.07) is 13.1. The third-order valence-electron chi connectivity index (χ3n) is 3.68. The highest BCUT2D eigenvalue weighted by Gasteiger charge is 2.29. The van der Waals surface area contributed by atoms with Gasteiger partial charge in [-0.1, -0.05) is 72.2 Å². The van der Waals surface area contributed by atoms with Crippen LogP contribution in [0.5, 0.6) is 0 Å². The van der Waals surface area contributed by atoms with E-state index < -0.39 is 47.8 Å². The van der Waals surface area contributed by atoms with Crippen molar-refractivity contribution in [1.82, 2.24) is 0 Å². The number of hydrogen-bond donors (Lipinski definition) is 0. The molecular formula is C31H40O12. The van der Waals surface area contributed by atoms with Crippen LogP contribution in [-0.4, -0.2) is 47.8 Å². The van der Waals surface area contributed by atoms with Gasteiger partial charge in [0.05, 0.1) is 22.3 Å². The first kappa shape index (κ1) is 42.5. The minimum Gasteiger partial charge on any atom is -0.394 e. The fourth-order valence-electron chi connectivity index (χ4n) is 2.47. The van der Waals surface area contributed by atoms with Gasteiger partial charge < -0.3 is 18.9 Å². The van der Waals surface area contributed by atoms with Gasteiger partial charge in [0.2, 0.25) is 0 Å². The molecule has 0 atom stereocenters. The van der Waals surface area contributed by atoms with Crippen molar-refractivity contribution in [3.8, 4) is 0 Å². The number of carbonyl (C=O) groups excluding carboxylic acids is 8. The van der Waals surface area contributed by atoms with Gasteiger partial charge in [-0.15, -0.1) is 0 Å². The fraction of sp³-hybridized carbons (Fsp3) is 0.355. The summed E-state index contributed by atoms with van der Waals surface area (Å²) in [5.74, 6) is -4.45. The highest BCUT2D eigenvalue weighted by molar-refractivity contribution is 6.15. The minimum absolute atomic E-state index is 0.359. The molecule has 0 aliphatic carbocycles. The lowest BCUT2D eigenvalue weighted by molar-refractivity contribution is -0.158. The van der Waals surface area contributed by atoms with Gasteiger partial charge in [-0.05, 0) is 24.3 Å². The highest BCUT2D eigenvalue weighted by atomic mass is 16.6. The first-order chi connectivity index (χ1) is 20.2. The van der Waals surface area contributed by atoms with Crippen molar-refractivity contribution >= 4 is 47.8 Å². The monoisotopic (exact) mass is 604 g/mol. The second-order valence-corrected chi connectivity index (χ2v) is 7.32. The van der Waals surface area contributed by atoms with Crippen molar-refractivity contribution in [2.75, 3.05) is 0 Å². The highest BCUT2D eigenvalue weighted by Crippen LogP contribution is 2.19. The van der Waals surface area contributed by atoms with Gasteiger partial charge in [0.1, 0.15) is 0 Å². The molecule has 0 amide bonds. The lowest BCUT2D eigenvalue weighted by Crippen LogP contribution is -2.03. The molecule has 236 valence electrons. The first-order valence-electron chi connectivity index (χ1n) is 13.3. The summed E-state index contributed by atoms with van der Waals surface area (Å²) in [6.45, 7) is 17.0. The van der Waals surface area contributed by atoms with Crippen LogP contribution in [0, 0.1) is 0 Å². The zero-order valence-corrected chi connectivity index (χ0v) is 26.2. The second-order valence-electron chi connectivity index (χ2n) is 7.32. The first-order valence-corrected chi connectivity index (χ1v) is 13.3. The van der Waals surface area contributed by atoms with Crippen LogP contribution in [0.15, 0.2) is 48.5 Å². The maximum atomic E-state index is 10.8. The topological polar surface area (TPSA) is 173 Å². The summed E-state index contributed by atoms with van der Waals surface area (Å²) in [5.41, 5.74) is 1.44. The molecule has 0 bridgehead atoms. The lowest BCUT2D eigenvalue weighted by Gasteiger charge is -1.87. The maximum absolute atomic E-state index is 10.8. The number of carbonyl (C=O) groups is 8. The molecule has 12 nitrogen and oxygen atoms in total. The van der Waals surface area contributed by atoms with Gasteiger partial charge >= 0.3 is 47.8 Å².